The highest BCUT2D eigenvalue weighted by molar-refractivity contribution is 6.06. The number of benzene rings is 1. The Kier molecular flexibility index (Phi) is 2.58. The second-order valence-electron chi connectivity index (χ2n) is 4.82. The summed E-state index contributed by atoms with van der Waals surface area (Å²) in [4.78, 5) is 12.0. The molecule has 84 valence electrons. The molecule has 1 atom stereocenters. The Morgan fingerprint density at radius 3 is 2.75 bits per heavy atom. The van der Waals surface area contributed by atoms with E-state index in [1.165, 1.54) is 5.57 Å². The van der Waals surface area contributed by atoms with Crippen LogP contribution in [0.5, 0.6) is 0 Å². The van der Waals surface area contributed by atoms with Crippen LogP contribution in [-0.2, 0) is 10.2 Å². The molecule has 0 bridgehead atoms. The van der Waals surface area contributed by atoms with Crippen LogP contribution in [0.4, 0.5) is 5.69 Å². The maximum atomic E-state index is 12.0. The van der Waals surface area contributed by atoms with E-state index in [4.69, 9.17) is 0 Å². The Morgan fingerprint density at radius 2 is 2.06 bits per heavy atom. The summed E-state index contributed by atoms with van der Waals surface area (Å²) < 4.78 is 0. The van der Waals surface area contributed by atoms with Crippen molar-refractivity contribution in [3.63, 3.8) is 0 Å². The van der Waals surface area contributed by atoms with Gasteiger partial charge in [-0.05, 0) is 38.8 Å². The third-order valence-electron chi connectivity index (χ3n) is 3.19. The molecular formula is C14H17NO. The lowest BCUT2D eigenvalue weighted by Gasteiger charge is -2.20. The number of carbonyl (C=O) groups is 1. The molecule has 1 unspecified atom stereocenters. The van der Waals surface area contributed by atoms with E-state index in [-0.39, 0.29) is 5.91 Å². The molecule has 0 saturated heterocycles. The molecule has 16 heavy (non-hydrogen) atoms. The van der Waals surface area contributed by atoms with Crippen LogP contribution >= 0.6 is 0 Å². The van der Waals surface area contributed by atoms with Gasteiger partial charge in [0.2, 0.25) is 5.91 Å². The van der Waals surface area contributed by atoms with Crippen LogP contribution in [0.3, 0.4) is 0 Å². The van der Waals surface area contributed by atoms with Crippen LogP contribution in [0.2, 0.25) is 0 Å². The molecule has 2 heteroatoms. The van der Waals surface area contributed by atoms with Gasteiger partial charge in [0.15, 0.2) is 0 Å². The van der Waals surface area contributed by atoms with Gasteiger partial charge >= 0.3 is 0 Å². The first-order valence-electron chi connectivity index (χ1n) is 5.58. The zero-order valence-corrected chi connectivity index (χ0v) is 10.0. The number of anilines is 1. The quantitative estimate of drug-likeness (QED) is 0.754. The van der Waals surface area contributed by atoms with E-state index in [2.05, 4.69) is 25.2 Å². The number of carbonyl (C=O) groups excluding carboxylic acids is 1. The molecule has 0 radical (unpaired) electrons. The van der Waals surface area contributed by atoms with Crippen LogP contribution in [0.1, 0.15) is 32.8 Å². The number of allylic oxidation sites excluding steroid dienone is 2. The van der Waals surface area contributed by atoms with E-state index in [0.29, 0.717) is 0 Å². The van der Waals surface area contributed by atoms with Crippen molar-refractivity contribution in [3.8, 4) is 0 Å². The molecule has 2 rings (SSSR count). The fraction of sp³-hybridized carbons (Fsp3) is 0.357. The van der Waals surface area contributed by atoms with Gasteiger partial charge in [-0.15, -0.1) is 0 Å². The molecule has 1 aromatic carbocycles. The largest absolute Gasteiger partial charge is 0.325 e. The minimum atomic E-state index is -0.409. The second kappa shape index (κ2) is 3.78. The van der Waals surface area contributed by atoms with Crippen LogP contribution in [0, 0.1) is 0 Å². The highest BCUT2D eigenvalue weighted by atomic mass is 16.2. The summed E-state index contributed by atoms with van der Waals surface area (Å²) in [6.07, 6.45) is 2.89. The molecule has 1 heterocycles. The summed E-state index contributed by atoms with van der Waals surface area (Å²) in [5, 5.41) is 2.94. The van der Waals surface area contributed by atoms with Crippen molar-refractivity contribution in [1.82, 2.24) is 0 Å². The highest BCUT2D eigenvalue weighted by Crippen LogP contribution is 2.40. The van der Waals surface area contributed by atoms with Gasteiger partial charge in [0.1, 0.15) is 0 Å². The van der Waals surface area contributed by atoms with Gasteiger partial charge in [-0.3, -0.25) is 4.79 Å². The van der Waals surface area contributed by atoms with Crippen molar-refractivity contribution < 1.29 is 4.79 Å². The lowest BCUT2D eigenvalue weighted by atomic mass is 9.80. The van der Waals surface area contributed by atoms with Gasteiger partial charge in [0.25, 0.3) is 0 Å². The van der Waals surface area contributed by atoms with E-state index in [9.17, 15) is 4.79 Å². The zero-order valence-electron chi connectivity index (χ0n) is 10.0. The number of hydrogen-bond acceptors (Lipinski definition) is 1. The normalized spacial score (nSPS) is 22.6. The number of nitrogens with one attached hydrogen (secondary N) is 1. The number of rotatable bonds is 2. The van der Waals surface area contributed by atoms with Gasteiger partial charge in [0.05, 0.1) is 5.41 Å². The van der Waals surface area contributed by atoms with Crippen molar-refractivity contribution in [2.24, 2.45) is 0 Å². The van der Waals surface area contributed by atoms with Gasteiger partial charge in [-0.25, -0.2) is 0 Å². The Morgan fingerprint density at radius 1 is 1.38 bits per heavy atom. The Hall–Kier alpha value is -1.57. The van der Waals surface area contributed by atoms with Crippen molar-refractivity contribution in [2.45, 2.75) is 32.6 Å². The summed E-state index contributed by atoms with van der Waals surface area (Å²) in [7, 11) is 0. The smallest absolute Gasteiger partial charge is 0.235 e. The summed E-state index contributed by atoms with van der Waals surface area (Å²) in [6.45, 7) is 6.12. The fourth-order valence-corrected chi connectivity index (χ4v) is 2.07. The third kappa shape index (κ3) is 1.64. The molecular weight excluding hydrogens is 198 g/mol. The lowest BCUT2D eigenvalue weighted by Crippen LogP contribution is -2.30. The molecule has 0 aromatic heterocycles. The minimum absolute atomic E-state index is 0.103. The minimum Gasteiger partial charge on any atom is -0.325 e. The topological polar surface area (TPSA) is 29.1 Å². The molecule has 1 aliphatic heterocycles. The summed E-state index contributed by atoms with van der Waals surface area (Å²) >= 11 is 0. The SMILES string of the molecule is CC(C)=CCC1(C)C(=O)Nc2ccccc21. The Bertz CT molecular complexity index is 458. The number of fused-ring (bicyclic) bond motifs is 1. The molecule has 0 fully saturated rings. The lowest BCUT2D eigenvalue weighted by molar-refractivity contribution is -0.120. The van der Waals surface area contributed by atoms with E-state index in [1.54, 1.807) is 0 Å². The van der Waals surface area contributed by atoms with Gasteiger partial charge in [-0.1, -0.05) is 29.8 Å². The highest BCUT2D eigenvalue weighted by Gasteiger charge is 2.41. The number of amides is 1. The Balaban J connectivity index is 2.41. The van der Waals surface area contributed by atoms with Crippen LogP contribution < -0.4 is 5.32 Å². The second-order valence-corrected chi connectivity index (χ2v) is 4.82. The third-order valence-corrected chi connectivity index (χ3v) is 3.19. The number of hydrogen-bond donors (Lipinski definition) is 1. The summed E-state index contributed by atoms with van der Waals surface area (Å²) in [5.74, 6) is 0.103. The molecule has 2 nitrogen and oxygen atoms in total. The average molecular weight is 215 g/mol. The molecule has 1 aliphatic rings. The summed E-state index contributed by atoms with van der Waals surface area (Å²) in [5.41, 5.74) is 2.90. The number of para-hydroxylation sites is 1. The first-order valence-corrected chi connectivity index (χ1v) is 5.58. The van der Waals surface area contributed by atoms with E-state index < -0.39 is 5.41 Å². The van der Waals surface area contributed by atoms with Crippen molar-refractivity contribution >= 4 is 11.6 Å². The zero-order chi connectivity index (χ0) is 11.8. The maximum Gasteiger partial charge on any atom is 0.235 e. The van der Waals surface area contributed by atoms with Crippen molar-refractivity contribution in [1.29, 1.82) is 0 Å². The average Bonchev–Trinajstić information content (AvgIpc) is 2.50. The van der Waals surface area contributed by atoms with E-state index in [1.807, 2.05) is 31.2 Å². The van der Waals surface area contributed by atoms with E-state index in [0.717, 1.165) is 17.7 Å². The predicted octanol–water partition coefficient (Wildman–Crippen LogP) is 3.25. The van der Waals surface area contributed by atoms with Crippen molar-refractivity contribution in [2.75, 3.05) is 5.32 Å². The molecule has 0 aliphatic carbocycles. The maximum absolute atomic E-state index is 12.0. The molecule has 0 spiro atoms. The van der Waals surface area contributed by atoms with Gasteiger partial charge in [0, 0.05) is 5.69 Å². The first-order chi connectivity index (χ1) is 7.54. The monoisotopic (exact) mass is 215 g/mol. The van der Waals surface area contributed by atoms with Gasteiger partial charge < -0.3 is 5.32 Å². The van der Waals surface area contributed by atoms with Crippen LogP contribution in [0.25, 0.3) is 0 Å². The van der Waals surface area contributed by atoms with E-state index >= 15 is 0 Å². The van der Waals surface area contributed by atoms with Crippen LogP contribution in [-0.4, -0.2) is 5.91 Å². The first kappa shape index (κ1) is 10.9. The fourth-order valence-electron chi connectivity index (χ4n) is 2.07. The van der Waals surface area contributed by atoms with Gasteiger partial charge in [-0.2, -0.15) is 0 Å². The molecule has 1 N–H and O–H groups in total. The Labute approximate surface area is 96.4 Å². The molecule has 1 aromatic rings. The standard InChI is InChI=1S/C14H17NO/c1-10(2)8-9-14(3)11-6-4-5-7-12(11)15-13(14)16/h4-8H,9H2,1-3H3,(H,15,16). The summed E-state index contributed by atoms with van der Waals surface area (Å²) in [6, 6.07) is 7.93. The van der Waals surface area contributed by atoms with Crippen LogP contribution in [0.15, 0.2) is 35.9 Å². The van der Waals surface area contributed by atoms with Crippen molar-refractivity contribution in [3.05, 3.63) is 41.5 Å². The predicted molar refractivity (Wildman–Crippen MR) is 66.5 cm³/mol. The molecule has 0 saturated carbocycles. The molecule has 1 amide bonds.